The van der Waals surface area contributed by atoms with E-state index in [0.29, 0.717) is 10.5 Å². The summed E-state index contributed by atoms with van der Waals surface area (Å²) in [5.74, 6) is -0.243. The molecule has 1 aromatic carbocycles. The standard InChI is InChI=1S/C21H25N3O2S2/c1-6-15-11-16-18(28-15)23-20(27-5)24(19(16)26)12-17(25)22-14-9-7-13(8-10-14)21(2,3)4/h7-11H,6,12H2,1-5H3,(H,22,25). The molecule has 0 aliphatic heterocycles. The molecule has 5 nitrogen and oxygen atoms in total. The van der Waals surface area contributed by atoms with Gasteiger partial charge >= 0.3 is 0 Å². The third-order valence-electron chi connectivity index (χ3n) is 4.53. The van der Waals surface area contributed by atoms with Crippen molar-refractivity contribution in [2.75, 3.05) is 11.6 Å². The molecule has 0 radical (unpaired) electrons. The first-order valence-corrected chi connectivity index (χ1v) is 11.2. The first kappa shape index (κ1) is 20.6. The monoisotopic (exact) mass is 415 g/mol. The molecule has 0 bridgehead atoms. The number of anilines is 1. The van der Waals surface area contributed by atoms with Gasteiger partial charge in [-0.05, 0) is 41.9 Å². The lowest BCUT2D eigenvalue weighted by Crippen LogP contribution is -2.29. The molecule has 148 valence electrons. The van der Waals surface area contributed by atoms with E-state index in [1.807, 2.05) is 36.6 Å². The first-order chi connectivity index (χ1) is 13.2. The van der Waals surface area contributed by atoms with Gasteiger partial charge in [0, 0.05) is 10.6 Å². The number of benzene rings is 1. The molecule has 28 heavy (non-hydrogen) atoms. The van der Waals surface area contributed by atoms with Crippen LogP contribution < -0.4 is 10.9 Å². The van der Waals surface area contributed by atoms with E-state index in [1.54, 1.807) is 0 Å². The van der Waals surface area contributed by atoms with E-state index in [4.69, 9.17) is 0 Å². The summed E-state index contributed by atoms with van der Waals surface area (Å²) in [7, 11) is 0. The van der Waals surface area contributed by atoms with Crippen molar-refractivity contribution in [1.29, 1.82) is 0 Å². The number of rotatable bonds is 5. The fourth-order valence-electron chi connectivity index (χ4n) is 2.91. The molecule has 2 aromatic heterocycles. The van der Waals surface area contributed by atoms with Gasteiger partial charge in [-0.3, -0.25) is 14.2 Å². The average molecular weight is 416 g/mol. The van der Waals surface area contributed by atoms with Crippen LogP contribution >= 0.6 is 23.1 Å². The van der Waals surface area contributed by atoms with Crippen molar-refractivity contribution in [1.82, 2.24) is 9.55 Å². The fourth-order valence-corrected chi connectivity index (χ4v) is 4.48. The Balaban J connectivity index is 1.84. The van der Waals surface area contributed by atoms with Gasteiger partial charge < -0.3 is 5.32 Å². The highest BCUT2D eigenvalue weighted by Crippen LogP contribution is 2.25. The molecule has 0 saturated carbocycles. The summed E-state index contributed by atoms with van der Waals surface area (Å²) in [5.41, 5.74) is 1.81. The number of aryl methyl sites for hydroxylation is 1. The smallest absolute Gasteiger partial charge is 0.263 e. The van der Waals surface area contributed by atoms with Gasteiger partial charge in [-0.15, -0.1) is 11.3 Å². The highest BCUT2D eigenvalue weighted by molar-refractivity contribution is 7.98. The molecule has 3 rings (SSSR count). The lowest BCUT2D eigenvalue weighted by molar-refractivity contribution is -0.116. The summed E-state index contributed by atoms with van der Waals surface area (Å²) in [5, 5.41) is 4.02. The van der Waals surface area contributed by atoms with Crippen molar-refractivity contribution in [2.24, 2.45) is 0 Å². The minimum Gasteiger partial charge on any atom is -0.325 e. The normalized spacial score (nSPS) is 11.8. The summed E-state index contributed by atoms with van der Waals surface area (Å²) in [6, 6.07) is 9.70. The number of thioether (sulfide) groups is 1. The van der Waals surface area contributed by atoms with Crippen LogP contribution in [0.2, 0.25) is 0 Å². The predicted molar refractivity (Wildman–Crippen MR) is 119 cm³/mol. The van der Waals surface area contributed by atoms with Gasteiger partial charge in [-0.25, -0.2) is 4.98 Å². The Labute approximate surface area is 173 Å². The van der Waals surface area contributed by atoms with Crippen LogP contribution in [0.4, 0.5) is 5.69 Å². The molecule has 0 aliphatic carbocycles. The van der Waals surface area contributed by atoms with Gasteiger partial charge in [-0.1, -0.05) is 51.6 Å². The van der Waals surface area contributed by atoms with E-state index in [0.717, 1.165) is 21.8 Å². The second-order valence-electron chi connectivity index (χ2n) is 7.65. The maximum Gasteiger partial charge on any atom is 0.263 e. The quantitative estimate of drug-likeness (QED) is 0.485. The van der Waals surface area contributed by atoms with Crippen molar-refractivity contribution in [2.45, 2.75) is 51.2 Å². The van der Waals surface area contributed by atoms with Crippen molar-refractivity contribution in [3.05, 3.63) is 51.1 Å². The molecule has 0 fully saturated rings. The molecule has 1 amide bonds. The number of hydrogen-bond donors (Lipinski definition) is 1. The number of aromatic nitrogens is 2. The number of thiophene rings is 1. The maximum atomic E-state index is 12.9. The molecule has 2 heterocycles. The van der Waals surface area contributed by atoms with Gasteiger partial charge in [0.05, 0.1) is 5.39 Å². The van der Waals surface area contributed by atoms with E-state index in [1.165, 1.54) is 33.2 Å². The predicted octanol–water partition coefficient (Wildman–Crippen LogP) is 4.68. The lowest BCUT2D eigenvalue weighted by Gasteiger charge is -2.19. The van der Waals surface area contributed by atoms with Crippen LogP contribution in [-0.2, 0) is 23.2 Å². The van der Waals surface area contributed by atoms with Crippen LogP contribution in [0.1, 0.15) is 38.1 Å². The van der Waals surface area contributed by atoms with Crippen LogP contribution in [0.5, 0.6) is 0 Å². The Bertz CT molecular complexity index is 1060. The van der Waals surface area contributed by atoms with E-state index >= 15 is 0 Å². The molecule has 0 spiro atoms. The first-order valence-electron chi connectivity index (χ1n) is 9.20. The van der Waals surface area contributed by atoms with Gasteiger partial charge in [0.1, 0.15) is 11.4 Å². The van der Waals surface area contributed by atoms with E-state index in [9.17, 15) is 9.59 Å². The summed E-state index contributed by atoms with van der Waals surface area (Å²) < 4.78 is 1.46. The number of carbonyl (C=O) groups excluding carboxylic acids is 1. The number of nitrogens with zero attached hydrogens (tertiary/aromatic N) is 2. The second-order valence-corrected chi connectivity index (χ2v) is 9.54. The van der Waals surface area contributed by atoms with Crippen LogP contribution in [0, 0.1) is 0 Å². The average Bonchev–Trinajstić information content (AvgIpc) is 3.07. The minimum atomic E-state index is -0.243. The lowest BCUT2D eigenvalue weighted by atomic mass is 9.87. The number of amides is 1. The molecule has 0 atom stereocenters. The molecule has 7 heteroatoms. The molecule has 0 saturated heterocycles. The summed E-state index contributed by atoms with van der Waals surface area (Å²) >= 11 is 2.91. The Hall–Kier alpha value is -2.12. The van der Waals surface area contributed by atoms with E-state index in [-0.39, 0.29) is 23.4 Å². The van der Waals surface area contributed by atoms with Crippen molar-refractivity contribution in [3.8, 4) is 0 Å². The van der Waals surface area contributed by atoms with Crippen LogP contribution in [0.15, 0.2) is 40.3 Å². The second kappa shape index (κ2) is 8.09. The largest absolute Gasteiger partial charge is 0.325 e. The Kier molecular flexibility index (Phi) is 5.95. The summed E-state index contributed by atoms with van der Waals surface area (Å²) in [4.78, 5) is 31.9. The highest BCUT2D eigenvalue weighted by atomic mass is 32.2. The fraction of sp³-hybridized carbons (Fsp3) is 0.381. The van der Waals surface area contributed by atoms with Crippen LogP contribution in [0.25, 0.3) is 10.2 Å². The van der Waals surface area contributed by atoms with Crippen molar-refractivity contribution >= 4 is 44.9 Å². The molecule has 1 N–H and O–H groups in total. The molecule has 0 unspecified atom stereocenters. The summed E-state index contributed by atoms with van der Waals surface area (Å²) in [6.45, 7) is 8.44. The van der Waals surface area contributed by atoms with Gasteiger partial charge in [0.2, 0.25) is 5.91 Å². The van der Waals surface area contributed by atoms with Crippen LogP contribution in [0.3, 0.4) is 0 Å². The number of carbonyl (C=O) groups is 1. The molecule has 0 aliphatic rings. The topological polar surface area (TPSA) is 64.0 Å². The minimum absolute atomic E-state index is 0.0576. The van der Waals surface area contributed by atoms with Crippen molar-refractivity contribution in [3.63, 3.8) is 0 Å². The zero-order chi connectivity index (χ0) is 20.5. The maximum absolute atomic E-state index is 12.9. The number of hydrogen-bond acceptors (Lipinski definition) is 5. The zero-order valence-corrected chi connectivity index (χ0v) is 18.5. The molecular weight excluding hydrogens is 390 g/mol. The Morgan fingerprint density at radius 1 is 1.25 bits per heavy atom. The van der Waals surface area contributed by atoms with E-state index in [2.05, 4.69) is 38.0 Å². The van der Waals surface area contributed by atoms with Gasteiger partial charge in [0.15, 0.2) is 5.16 Å². The SMILES string of the molecule is CCc1cc2c(=O)n(CC(=O)Nc3ccc(C(C)(C)C)cc3)c(SC)nc2s1. The van der Waals surface area contributed by atoms with Gasteiger partial charge in [-0.2, -0.15) is 0 Å². The van der Waals surface area contributed by atoms with E-state index < -0.39 is 0 Å². The third kappa shape index (κ3) is 4.31. The number of nitrogens with one attached hydrogen (secondary N) is 1. The third-order valence-corrected chi connectivity index (χ3v) is 6.38. The molecule has 3 aromatic rings. The Morgan fingerprint density at radius 2 is 1.93 bits per heavy atom. The van der Waals surface area contributed by atoms with Gasteiger partial charge in [0.25, 0.3) is 5.56 Å². The molecular formula is C21H25N3O2S2. The highest BCUT2D eigenvalue weighted by Gasteiger charge is 2.17. The number of fused-ring (bicyclic) bond motifs is 1. The summed E-state index contributed by atoms with van der Waals surface area (Å²) in [6.07, 6.45) is 2.72. The van der Waals surface area contributed by atoms with Crippen molar-refractivity contribution < 1.29 is 4.79 Å². The zero-order valence-electron chi connectivity index (χ0n) is 16.8. The van der Waals surface area contributed by atoms with Crippen LogP contribution in [-0.4, -0.2) is 21.7 Å². The Morgan fingerprint density at radius 3 is 2.50 bits per heavy atom.